The predicted molar refractivity (Wildman–Crippen MR) is 62.0 cm³/mol. The van der Waals surface area contributed by atoms with Gasteiger partial charge >= 0.3 is 5.97 Å². The highest BCUT2D eigenvalue weighted by Crippen LogP contribution is 2.22. The van der Waals surface area contributed by atoms with E-state index in [4.69, 9.17) is 14.6 Å². The van der Waals surface area contributed by atoms with Crippen LogP contribution in [-0.2, 0) is 14.3 Å². The van der Waals surface area contributed by atoms with Crippen LogP contribution in [0.1, 0.15) is 25.7 Å². The second kappa shape index (κ2) is 5.80. The Morgan fingerprint density at radius 2 is 2.29 bits per heavy atom. The van der Waals surface area contributed by atoms with Crippen LogP contribution in [0.5, 0.6) is 0 Å². The lowest BCUT2D eigenvalue weighted by molar-refractivity contribution is -0.149. The molecule has 0 aliphatic carbocycles. The molecule has 2 saturated heterocycles. The van der Waals surface area contributed by atoms with Crippen molar-refractivity contribution in [2.75, 3.05) is 26.7 Å². The number of carbonyl (C=O) groups is 1. The van der Waals surface area contributed by atoms with Gasteiger partial charge in [-0.1, -0.05) is 0 Å². The van der Waals surface area contributed by atoms with Crippen LogP contribution in [0.25, 0.3) is 0 Å². The average Bonchev–Trinajstić information content (AvgIpc) is 2.78. The van der Waals surface area contributed by atoms with E-state index in [1.807, 2.05) is 0 Å². The molecule has 0 saturated carbocycles. The zero-order valence-electron chi connectivity index (χ0n) is 10.3. The molecule has 5 nitrogen and oxygen atoms in total. The van der Waals surface area contributed by atoms with Crippen molar-refractivity contribution in [1.82, 2.24) is 4.90 Å². The van der Waals surface area contributed by atoms with Gasteiger partial charge in [0.25, 0.3) is 0 Å². The van der Waals surface area contributed by atoms with Crippen LogP contribution < -0.4 is 0 Å². The lowest BCUT2D eigenvalue weighted by atomic mass is 10.1. The molecule has 2 aliphatic heterocycles. The van der Waals surface area contributed by atoms with Crippen molar-refractivity contribution in [2.24, 2.45) is 0 Å². The first kappa shape index (κ1) is 12.8. The van der Waals surface area contributed by atoms with E-state index in [9.17, 15) is 4.79 Å². The van der Waals surface area contributed by atoms with Gasteiger partial charge in [0.15, 0.2) is 6.10 Å². The summed E-state index contributed by atoms with van der Waals surface area (Å²) in [6.07, 6.45) is 3.56. The second-order valence-electron chi connectivity index (χ2n) is 4.92. The predicted octanol–water partition coefficient (Wildman–Crippen LogP) is 0.729. The molecule has 0 aromatic heterocycles. The summed E-state index contributed by atoms with van der Waals surface area (Å²) in [5.41, 5.74) is 0. The van der Waals surface area contributed by atoms with E-state index in [1.54, 1.807) is 7.11 Å². The van der Waals surface area contributed by atoms with Crippen molar-refractivity contribution in [3.05, 3.63) is 0 Å². The van der Waals surface area contributed by atoms with Crippen molar-refractivity contribution in [2.45, 2.75) is 44.0 Å². The Balaban J connectivity index is 1.76. The summed E-state index contributed by atoms with van der Waals surface area (Å²) in [5, 5.41) is 8.86. The Bertz CT molecular complexity index is 271. The lowest BCUT2D eigenvalue weighted by Gasteiger charge is -2.33. The molecule has 0 aromatic rings. The molecule has 2 rings (SSSR count). The summed E-state index contributed by atoms with van der Waals surface area (Å²) in [7, 11) is 1.75. The summed E-state index contributed by atoms with van der Waals surface area (Å²) >= 11 is 0. The maximum absolute atomic E-state index is 10.8. The van der Waals surface area contributed by atoms with Gasteiger partial charge in [-0.25, -0.2) is 4.79 Å². The minimum atomic E-state index is -0.832. The highest BCUT2D eigenvalue weighted by Gasteiger charge is 2.32. The van der Waals surface area contributed by atoms with E-state index in [-0.39, 0.29) is 6.10 Å². The molecule has 0 amide bonds. The highest BCUT2D eigenvalue weighted by atomic mass is 16.5. The van der Waals surface area contributed by atoms with Gasteiger partial charge in [0.2, 0.25) is 0 Å². The molecule has 0 spiro atoms. The minimum absolute atomic E-state index is 0.0757. The number of hydrogen-bond acceptors (Lipinski definition) is 4. The minimum Gasteiger partial charge on any atom is -0.479 e. The van der Waals surface area contributed by atoms with Gasteiger partial charge in [-0.2, -0.15) is 0 Å². The highest BCUT2D eigenvalue weighted by molar-refractivity contribution is 5.72. The SMILES string of the molecule is COC1CCCN(CC2CCC(C(=O)O)O2)C1. The maximum Gasteiger partial charge on any atom is 0.332 e. The zero-order valence-corrected chi connectivity index (χ0v) is 10.3. The number of methoxy groups -OCH3 is 1. The first-order valence-electron chi connectivity index (χ1n) is 6.32. The molecule has 98 valence electrons. The molecule has 1 N–H and O–H groups in total. The second-order valence-corrected chi connectivity index (χ2v) is 4.92. The van der Waals surface area contributed by atoms with Crippen molar-refractivity contribution < 1.29 is 19.4 Å². The normalized spacial score (nSPS) is 35.0. The van der Waals surface area contributed by atoms with Crippen LogP contribution in [0, 0.1) is 0 Å². The first-order chi connectivity index (χ1) is 8.19. The molecule has 0 radical (unpaired) electrons. The van der Waals surface area contributed by atoms with E-state index in [2.05, 4.69) is 4.90 Å². The first-order valence-corrected chi connectivity index (χ1v) is 6.32. The van der Waals surface area contributed by atoms with Gasteiger partial charge in [-0.3, -0.25) is 4.90 Å². The quantitative estimate of drug-likeness (QED) is 0.788. The summed E-state index contributed by atoms with van der Waals surface area (Å²) in [6, 6.07) is 0. The summed E-state index contributed by atoms with van der Waals surface area (Å²) < 4.78 is 10.9. The number of carboxylic acid groups (broad SMARTS) is 1. The number of piperidine rings is 1. The molecular formula is C12H21NO4. The molecule has 3 atom stereocenters. The summed E-state index contributed by atoms with van der Waals surface area (Å²) in [4.78, 5) is 13.1. The molecule has 2 heterocycles. The fourth-order valence-corrected chi connectivity index (χ4v) is 2.68. The van der Waals surface area contributed by atoms with Gasteiger partial charge in [-0.05, 0) is 32.2 Å². The maximum atomic E-state index is 10.8. The molecule has 0 bridgehead atoms. The van der Waals surface area contributed by atoms with E-state index in [0.29, 0.717) is 12.5 Å². The Kier molecular flexibility index (Phi) is 4.36. The number of hydrogen-bond donors (Lipinski definition) is 1. The monoisotopic (exact) mass is 243 g/mol. The van der Waals surface area contributed by atoms with Crippen molar-refractivity contribution in [1.29, 1.82) is 0 Å². The lowest BCUT2D eigenvalue weighted by Crippen LogP contribution is -2.43. The van der Waals surface area contributed by atoms with Crippen LogP contribution in [0.4, 0.5) is 0 Å². The van der Waals surface area contributed by atoms with Gasteiger partial charge in [0.1, 0.15) is 0 Å². The fourth-order valence-electron chi connectivity index (χ4n) is 2.68. The number of aliphatic carboxylic acids is 1. The molecule has 17 heavy (non-hydrogen) atoms. The molecular weight excluding hydrogens is 222 g/mol. The van der Waals surface area contributed by atoms with Crippen LogP contribution in [0.15, 0.2) is 0 Å². The Labute approximate surface area is 102 Å². The molecule has 3 unspecified atom stereocenters. The van der Waals surface area contributed by atoms with E-state index in [1.165, 1.54) is 0 Å². The standard InChI is InChI=1S/C12H21NO4/c1-16-9-3-2-6-13(7-9)8-10-4-5-11(17-10)12(14)15/h9-11H,2-8H2,1H3,(H,14,15). The van der Waals surface area contributed by atoms with Crippen molar-refractivity contribution >= 4 is 5.97 Å². The largest absolute Gasteiger partial charge is 0.479 e. The van der Waals surface area contributed by atoms with Crippen LogP contribution in [0.3, 0.4) is 0 Å². The summed E-state index contributed by atoms with van der Waals surface area (Å²) in [6.45, 7) is 2.84. The Hall–Kier alpha value is -0.650. The third kappa shape index (κ3) is 3.40. The van der Waals surface area contributed by atoms with E-state index < -0.39 is 12.1 Å². The fraction of sp³-hybridized carbons (Fsp3) is 0.917. The zero-order chi connectivity index (χ0) is 12.3. The average molecular weight is 243 g/mol. The van der Waals surface area contributed by atoms with Crippen LogP contribution >= 0.6 is 0 Å². The van der Waals surface area contributed by atoms with Crippen LogP contribution in [-0.4, -0.2) is 61.0 Å². The number of ether oxygens (including phenoxy) is 2. The van der Waals surface area contributed by atoms with Gasteiger partial charge in [-0.15, -0.1) is 0 Å². The van der Waals surface area contributed by atoms with E-state index >= 15 is 0 Å². The molecule has 2 aliphatic rings. The Morgan fingerprint density at radius 1 is 1.47 bits per heavy atom. The van der Waals surface area contributed by atoms with Gasteiger partial charge < -0.3 is 14.6 Å². The van der Waals surface area contributed by atoms with Gasteiger partial charge in [0.05, 0.1) is 12.2 Å². The number of carboxylic acids is 1. The van der Waals surface area contributed by atoms with Gasteiger partial charge in [0, 0.05) is 20.2 Å². The summed E-state index contributed by atoms with van der Waals surface area (Å²) in [5.74, 6) is -0.832. The van der Waals surface area contributed by atoms with E-state index in [0.717, 1.165) is 38.9 Å². The molecule has 2 fully saturated rings. The van der Waals surface area contributed by atoms with Crippen LogP contribution in [0.2, 0.25) is 0 Å². The number of likely N-dealkylation sites (tertiary alicyclic amines) is 1. The smallest absolute Gasteiger partial charge is 0.332 e. The van der Waals surface area contributed by atoms with Crippen molar-refractivity contribution in [3.63, 3.8) is 0 Å². The Morgan fingerprint density at radius 3 is 2.94 bits per heavy atom. The number of nitrogens with zero attached hydrogens (tertiary/aromatic N) is 1. The molecule has 5 heteroatoms. The third-order valence-electron chi connectivity index (χ3n) is 3.64. The number of rotatable bonds is 4. The van der Waals surface area contributed by atoms with Crippen molar-refractivity contribution in [3.8, 4) is 0 Å². The third-order valence-corrected chi connectivity index (χ3v) is 3.64. The molecule has 0 aromatic carbocycles. The topological polar surface area (TPSA) is 59.0 Å².